The molecule has 1 heterocycles. The van der Waals surface area contributed by atoms with Crippen LogP contribution in [0.1, 0.15) is 31.4 Å². The number of hydrogen-bond donors (Lipinski definition) is 2. The van der Waals surface area contributed by atoms with E-state index in [4.69, 9.17) is 4.42 Å². The van der Waals surface area contributed by atoms with Crippen LogP contribution < -0.4 is 10.6 Å². The maximum Gasteiger partial charge on any atom is 0.321 e. The number of carbonyl (C=O) groups excluding carboxylic acids is 2. The van der Waals surface area contributed by atoms with Crippen molar-refractivity contribution in [3.63, 3.8) is 0 Å². The van der Waals surface area contributed by atoms with E-state index >= 15 is 0 Å². The molecule has 1 aliphatic rings. The highest BCUT2D eigenvalue weighted by Gasteiger charge is 2.18. The third-order valence-corrected chi connectivity index (χ3v) is 3.36. The number of nitrogens with zero attached hydrogens (tertiary/aromatic N) is 1. The predicted octanol–water partition coefficient (Wildman–Crippen LogP) is 1.48. The number of urea groups is 1. The number of carbonyl (C=O) groups is 2. The maximum absolute atomic E-state index is 11.7. The second kappa shape index (κ2) is 7.09. The van der Waals surface area contributed by atoms with Crippen LogP contribution in [0.2, 0.25) is 0 Å². The molecule has 0 atom stereocenters. The van der Waals surface area contributed by atoms with Gasteiger partial charge in [-0.2, -0.15) is 0 Å². The second-order valence-corrected chi connectivity index (χ2v) is 5.25. The Bertz CT molecular complexity index is 439. The van der Waals surface area contributed by atoms with Crippen LogP contribution in [0, 0.1) is 0 Å². The van der Waals surface area contributed by atoms with Gasteiger partial charge in [-0.15, -0.1) is 0 Å². The van der Waals surface area contributed by atoms with Gasteiger partial charge in [0.15, 0.2) is 0 Å². The smallest absolute Gasteiger partial charge is 0.321 e. The molecule has 0 radical (unpaired) electrons. The van der Waals surface area contributed by atoms with Crippen molar-refractivity contribution >= 4 is 11.9 Å². The Balaban J connectivity index is 1.67. The number of amides is 3. The first-order chi connectivity index (χ1) is 9.63. The first-order valence-corrected chi connectivity index (χ1v) is 6.95. The van der Waals surface area contributed by atoms with E-state index in [0.717, 1.165) is 31.4 Å². The van der Waals surface area contributed by atoms with Crippen LogP contribution in [0.3, 0.4) is 0 Å². The van der Waals surface area contributed by atoms with Gasteiger partial charge in [-0.05, 0) is 32.0 Å². The first kappa shape index (κ1) is 14.6. The standard InChI is InChI=1S/C14H21N3O3/c1-17(9-12-7-4-8-20-12)10-13(18)16-14(19)15-11-5-2-3-6-11/h4,7-8,11H,2-3,5-6,9-10H2,1H3,(H2,15,16,18,19). The number of nitrogens with one attached hydrogen (secondary N) is 2. The van der Waals surface area contributed by atoms with Gasteiger partial charge < -0.3 is 9.73 Å². The summed E-state index contributed by atoms with van der Waals surface area (Å²) in [6, 6.07) is 3.47. The molecule has 110 valence electrons. The number of furan rings is 1. The lowest BCUT2D eigenvalue weighted by atomic mass is 10.2. The van der Waals surface area contributed by atoms with Gasteiger partial charge in [0.25, 0.3) is 0 Å². The lowest BCUT2D eigenvalue weighted by Crippen LogP contribution is -2.46. The molecular weight excluding hydrogens is 258 g/mol. The van der Waals surface area contributed by atoms with E-state index in [9.17, 15) is 9.59 Å². The molecular formula is C14H21N3O3. The fourth-order valence-corrected chi connectivity index (χ4v) is 2.43. The Morgan fingerprint density at radius 1 is 1.40 bits per heavy atom. The summed E-state index contributed by atoms with van der Waals surface area (Å²) in [4.78, 5) is 25.1. The minimum absolute atomic E-state index is 0.152. The third-order valence-electron chi connectivity index (χ3n) is 3.36. The molecule has 6 nitrogen and oxygen atoms in total. The SMILES string of the molecule is CN(CC(=O)NC(=O)NC1CCCC1)Cc1ccco1. The van der Waals surface area contributed by atoms with Crippen molar-refractivity contribution in [3.05, 3.63) is 24.2 Å². The van der Waals surface area contributed by atoms with E-state index in [0.29, 0.717) is 6.54 Å². The fraction of sp³-hybridized carbons (Fsp3) is 0.571. The highest BCUT2D eigenvalue weighted by molar-refractivity contribution is 5.95. The van der Waals surface area contributed by atoms with Crippen molar-refractivity contribution in [2.45, 2.75) is 38.3 Å². The van der Waals surface area contributed by atoms with Crippen molar-refractivity contribution in [2.24, 2.45) is 0 Å². The Morgan fingerprint density at radius 2 is 2.15 bits per heavy atom. The molecule has 2 N–H and O–H groups in total. The summed E-state index contributed by atoms with van der Waals surface area (Å²) in [6.07, 6.45) is 5.88. The van der Waals surface area contributed by atoms with Gasteiger partial charge in [-0.1, -0.05) is 12.8 Å². The molecule has 1 fully saturated rings. The molecule has 20 heavy (non-hydrogen) atoms. The van der Waals surface area contributed by atoms with Gasteiger partial charge in [0.2, 0.25) is 5.91 Å². The van der Waals surface area contributed by atoms with Gasteiger partial charge in [0, 0.05) is 6.04 Å². The topological polar surface area (TPSA) is 74.6 Å². The Kier molecular flexibility index (Phi) is 5.17. The normalized spacial score (nSPS) is 15.5. The van der Waals surface area contributed by atoms with Crippen molar-refractivity contribution in [1.29, 1.82) is 0 Å². The summed E-state index contributed by atoms with van der Waals surface area (Å²) in [5, 5.41) is 5.18. The average molecular weight is 279 g/mol. The van der Waals surface area contributed by atoms with E-state index in [1.165, 1.54) is 0 Å². The van der Waals surface area contributed by atoms with Crippen LogP contribution in [-0.4, -0.2) is 36.5 Å². The summed E-state index contributed by atoms with van der Waals surface area (Å²) in [6.45, 7) is 0.684. The van der Waals surface area contributed by atoms with Crippen molar-refractivity contribution in [2.75, 3.05) is 13.6 Å². The number of likely N-dealkylation sites (N-methyl/N-ethyl adjacent to an activating group) is 1. The van der Waals surface area contributed by atoms with Gasteiger partial charge in [0.1, 0.15) is 5.76 Å². The summed E-state index contributed by atoms with van der Waals surface area (Å²) in [7, 11) is 1.80. The zero-order valence-electron chi connectivity index (χ0n) is 11.7. The third kappa shape index (κ3) is 4.70. The number of imide groups is 1. The molecule has 1 saturated carbocycles. The molecule has 3 amide bonds. The van der Waals surface area contributed by atoms with Crippen LogP contribution >= 0.6 is 0 Å². The van der Waals surface area contributed by atoms with Crippen molar-refractivity contribution in [3.8, 4) is 0 Å². The highest BCUT2D eigenvalue weighted by atomic mass is 16.3. The number of rotatable bonds is 5. The molecule has 1 aromatic rings. The molecule has 0 saturated heterocycles. The zero-order valence-corrected chi connectivity index (χ0v) is 11.7. The maximum atomic E-state index is 11.7. The monoisotopic (exact) mass is 279 g/mol. The Labute approximate surface area is 118 Å². The zero-order chi connectivity index (χ0) is 14.4. The average Bonchev–Trinajstić information content (AvgIpc) is 3.01. The molecule has 0 bridgehead atoms. The van der Waals surface area contributed by atoms with Crippen LogP contribution in [0.4, 0.5) is 4.79 Å². The van der Waals surface area contributed by atoms with Gasteiger partial charge >= 0.3 is 6.03 Å². The Hall–Kier alpha value is -1.82. The van der Waals surface area contributed by atoms with Gasteiger partial charge in [0.05, 0.1) is 19.4 Å². The van der Waals surface area contributed by atoms with Gasteiger partial charge in [-0.25, -0.2) is 4.79 Å². The van der Waals surface area contributed by atoms with Crippen LogP contribution in [-0.2, 0) is 11.3 Å². The van der Waals surface area contributed by atoms with Crippen LogP contribution in [0.25, 0.3) is 0 Å². The number of hydrogen-bond acceptors (Lipinski definition) is 4. The molecule has 0 aliphatic heterocycles. The molecule has 0 aromatic carbocycles. The van der Waals surface area contributed by atoms with E-state index in [2.05, 4.69) is 10.6 Å². The predicted molar refractivity (Wildman–Crippen MR) is 74.0 cm³/mol. The fourth-order valence-electron chi connectivity index (χ4n) is 2.43. The highest BCUT2D eigenvalue weighted by Crippen LogP contribution is 2.17. The molecule has 0 unspecified atom stereocenters. The molecule has 6 heteroatoms. The largest absolute Gasteiger partial charge is 0.468 e. The second-order valence-electron chi connectivity index (χ2n) is 5.25. The van der Waals surface area contributed by atoms with E-state index in [1.54, 1.807) is 24.3 Å². The lowest BCUT2D eigenvalue weighted by Gasteiger charge is -2.16. The van der Waals surface area contributed by atoms with Crippen molar-refractivity contribution < 1.29 is 14.0 Å². The van der Waals surface area contributed by atoms with E-state index in [-0.39, 0.29) is 18.5 Å². The van der Waals surface area contributed by atoms with Crippen LogP contribution in [0.5, 0.6) is 0 Å². The van der Waals surface area contributed by atoms with Crippen LogP contribution in [0.15, 0.2) is 22.8 Å². The summed E-state index contributed by atoms with van der Waals surface area (Å²) in [5.74, 6) is 0.477. The molecule has 1 aliphatic carbocycles. The summed E-state index contributed by atoms with van der Waals surface area (Å²) < 4.78 is 5.20. The van der Waals surface area contributed by atoms with E-state index < -0.39 is 6.03 Å². The van der Waals surface area contributed by atoms with Gasteiger partial charge in [-0.3, -0.25) is 15.0 Å². The molecule has 1 aromatic heterocycles. The molecule has 0 spiro atoms. The quantitative estimate of drug-likeness (QED) is 0.856. The first-order valence-electron chi connectivity index (χ1n) is 6.95. The minimum Gasteiger partial charge on any atom is -0.468 e. The Morgan fingerprint density at radius 3 is 2.80 bits per heavy atom. The van der Waals surface area contributed by atoms with Crippen molar-refractivity contribution in [1.82, 2.24) is 15.5 Å². The lowest BCUT2D eigenvalue weighted by molar-refractivity contribution is -0.121. The minimum atomic E-state index is -0.395. The summed E-state index contributed by atoms with van der Waals surface area (Å²) in [5.41, 5.74) is 0. The summed E-state index contributed by atoms with van der Waals surface area (Å²) >= 11 is 0. The van der Waals surface area contributed by atoms with E-state index in [1.807, 2.05) is 6.07 Å². The molecule has 2 rings (SSSR count).